The molecule has 19 heavy (non-hydrogen) atoms. The molecule has 0 spiro atoms. The van der Waals surface area contributed by atoms with Gasteiger partial charge in [0.25, 0.3) is 0 Å². The van der Waals surface area contributed by atoms with Crippen molar-refractivity contribution in [1.82, 2.24) is 9.97 Å². The Bertz CT molecular complexity index is 471. The molecule has 2 N–H and O–H groups in total. The van der Waals surface area contributed by atoms with E-state index in [1.165, 1.54) is 6.33 Å². The minimum atomic E-state index is -0.507. The van der Waals surface area contributed by atoms with E-state index in [0.717, 1.165) is 31.6 Å². The monoisotopic (exact) mass is 265 g/mol. The van der Waals surface area contributed by atoms with Crippen LogP contribution in [-0.2, 0) is 0 Å². The number of anilines is 2. The molecule has 0 radical (unpaired) electrons. The Morgan fingerprint density at radius 2 is 2.00 bits per heavy atom. The lowest BCUT2D eigenvalue weighted by Gasteiger charge is -2.33. The summed E-state index contributed by atoms with van der Waals surface area (Å²) in [6, 6.07) is 0.282. The molecule has 1 aliphatic rings. The highest BCUT2D eigenvalue weighted by Gasteiger charge is 2.29. The summed E-state index contributed by atoms with van der Waals surface area (Å²) in [5, 5.41) is 11.1. The van der Waals surface area contributed by atoms with E-state index in [9.17, 15) is 10.1 Å². The van der Waals surface area contributed by atoms with Crippen molar-refractivity contribution >= 4 is 17.3 Å². The molecule has 1 heterocycles. The molecule has 0 unspecified atom stereocenters. The van der Waals surface area contributed by atoms with Crippen LogP contribution in [0.25, 0.3) is 0 Å². The molecule has 0 saturated heterocycles. The van der Waals surface area contributed by atoms with Crippen LogP contribution < -0.4 is 10.6 Å². The number of nitrogens with two attached hydrogens (primary N) is 1. The highest BCUT2D eigenvalue weighted by molar-refractivity contribution is 5.68. The number of nitro groups is 1. The molecule has 1 aliphatic carbocycles. The first-order chi connectivity index (χ1) is 9.00. The molecule has 0 atom stereocenters. The van der Waals surface area contributed by atoms with Gasteiger partial charge in [-0.15, -0.1) is 0 Å². The van der Waals surface area contributed by atoms with Crippen LogP contribution >= 0.6 is 0 Å². The van der Waals surface area contributed by atoms with Gasteiger partial charge in [0.1, 0.15) is 6.33 Å². The van der Waals surface area contributed by atoms with Crippen LogP contribution in [0.1, 0.15) is 32.6 Å². The topological polar surface area (TPSA) is 98.2 Å². The lowest BCUT2D eigenvalue weighted by molar-refractivity contribution is -0.383. The van der Waals surface area contributed by atoms with Crippen LogP contribution in [0.15, 0.2) is 6.33 Å². The molecule has 0 aliphatic heterocycles. The van der Waals surface area contributed by atoms with Crippen molar-refractivity contribution in [2.75, 3.05) is 17.7 Å². The Morgan fingerprint density at radius 3 is 2.58 bits per heavy atom. The van der Waals surface area contributed by atoms with Gasteiger partial charge < -0.3 is 10.6 Å². The third-order valence-corrected chi connectivity index (χ3v) is 3.88. The van der Waals surface area contributed by atoms with Crippen molar-refractivity contribution in [1.29, 1.82) is 0 Å². The molecule has 1 fully saturated rings. The van der Waals surface area contributed by atoms with E-state index >= 15 is 0 Å². The molecule has 1 aromatic rings. The van der Waals surface area contributed by atoms with Crippen molar-refractivity contribution in [2.45, 2.75) is 38.6 Å². The normalized spacial score (nSPS) is 23.1. The second kappa shape index (κ2) is 5.38. The van der Waals surface area contributed by atoms with Crippen LogP contribution in [0, 0.1) is 16.0 Å². The summed E-state index contributed by atoms with van der Waals surface area (Å²) in [5.41, 5.74) is 5.40. The Hall–Kier alpha value is -1.92. The molecule has 1 aromatic heterocycles. The summed E-state index contributed by atoms with van der Waals surface area (Å²) in [5.74, 6) is 0.971. The third kappa shape index (κ3) is 2.74. The number of nitrogen functional groups attached to an aromatic ring is 1. The summed E-state index contributed by atoms with van der Waals surface area (Å²) in [4.78, 5) is 20.2. The van der Waals surface area contributed by atoms with Crippen LogP contribution in [0.3, 0.4) is 0 Å². The fourth-order valence-electron chi connectivity index (χ4n) is 2.62. The fraction of sp³-hybridized carbons (Fsp3) is 0.667. The lowest BCUT2D eigenvalue weighted by Crippen LogP contribution is -2.35. The molecule has 0 amide bonds. The molecule has 7 nitrogen and oxygen atoms in total. The molecule has 0 bridgehead atoms. The van der Waals surface area contributed by atoms with Gasteiger partial charge in [-0.2, -0.15) is 0 Å². The number of hydrogen-bond donors (Lipinski definition) is 1. The average molecular weight is 265 g/mol. The summed E-state index contributed by atoms with van der Waals surface area (Å²) in [6.45, 7) is 2.24. The average Bonchev–Trinajstić information content (AvgIpc) is 2.38. The maximum Gasteiger partial charge on any atom is 0.353 e. The maximum absolute atomic E-state index is 11.1. The minimum absolute atomic E-state index is 0.0778. The van der Waals surface area contributed by atoms with Gasteiger partial charge in [-0.05, 0) is 31.6 Å². The zero-order valence-electron chi connectivity index (χ0n) is 11.2. The molecule has 104 valence electrons. The molecule has 7 heteroatoms. The predicted molar refractivity (Wildman–Crippen MR) is 72.9 cm³/mol. The number of nitrogens with zero attached hydrogens (tertiary/aromatic N) is 4. The van der Waals surface area contributed by atoms with E-state index in [-0.39, 0.29) is 17.5 Å². The molecular weight excluding hydrogens is 246 g/mol. The first-order valence-corrected chi connectivity index (χ1v) is 6.48. The highest BCUT2D eigenvalue weighted by Crippen LogP contribution is 2.34. The van der Waals surface area contributed by atoms with Crippen LogP contribution in [0.4, 0.5) is 17.3 Å². The summed E-state index contributed by atoms with van der Waals surface area (Å²) >= 11 is 0. The maximum atomic E-state index is 11.1. The molecule has 2 rings (SSSR count). The van der Waals surface area contributed by atoms with Gasteiger partial charge in [-0.25, -0.2) is 9.97 Å². The molecule has 0 aromatic carbocycles. The molecular formula is C12H19N5O2. The van der Waals surface area contributed by atoms with Crippen molar-refractivity contribution in [3.63, 3.8) is 0 Å². The number of rotatable bonds is 3. The zero-order valence-corrected chi connectivity index (χ0v) is 11.2. The minimum Gasteiger partial charge on any atom is -0.378 e. The Kier molecular flexibility index (Phi) is 3.82. The summed E-state index contributed by atoms with van der Waals surface area (Å²) in [6.07, 6.45) is 5.61. The highest BCUT2D eigenvalue weighted by atomic mass is 16.6. The van der Waals surface area contributed by atoms with Gasteiger partial charge in [0, 0.05) is 13.1 Å². The lowest BCUT2D eigenvalue weighted by atomic mass is 9.87. The first kappa shape index (κ1) is 13.5. The van der Waals surface area contributed by atoms with Crippen LogP contribution in [-0.4, -0.2) is 28.0 Å². The van der Waals surface area contributed by atoms with Gasteiger partial charge in [0.05, 0.1) is 4.92 Å². The first-order valence-electron chi connectivity index (χ1n) is 6.48. The van der Waals surface area contributed by atoms with Gasteiger partial charge in [-0.1, -0.05) is 6.92 Å². The van der Waals surface area contributed by atoms with E-state index in [4.69, 9.17) is 5.73 Å². The Balaban J connectivity index is 2.26. The number of hydrogen-bond acceptors (Lipinski definition) is 6. The van der Waals surface area contributed by atoms with Crippen molar-refractivity contribution < 1.29 is 4.92 Å². The Labute approximate surface area is 112 Å². The van der Waals surface area contributed by atoms with Gasteiger partial charge in [0.2, 0.25) is 11.6 Å². The quantitative estimate of drug-likeness (QED) is 0.662. The summed E-state index contributed by atoms with van der Waals surface area (Å²) in [7, 11) is 1.84. The third-order valence-electron chi connectivity index (χ3n) is 3.88. The van der Waals surface area contributed by atoms with Gasteiger partial charge in [-0.3, -0.25) is 10.1 Å². The van der Waals surface area contributed by atoms with E-state index in [1.807, 2.05) is 11.9 Å². The second-order valence-electron chi connectivity index (χ2n) is 5.21. The zero-order chi connectivity index (χ0) is 14.0. The second-order valence-corrected chi connectivity index (χ2v) is 5.21. The molecule has 1 saturated carbocycles. The van der Waals surface area contributed by atoms with Gasteiger partial charge in [0.15, 0.2) is 0 Å². The van der Waals surface area contributed by atoms with Crippen molar-refractivity contribution in [3.8, 4) is 0 Å². The van der Waals surface area contributed by atoms with E-state index < -0.39 is 4.92 Å². The van der Waals surface area contributed by atoms with E-state index in [0.29, 0.717) is 5.82 Å². The van der Waals surface area contributed by atoms with E-state index in [2.05, 4.69) is 16.9 Å². The van der Waals surface area contributed by atoms with Crippen LogP contribution in [0.2, 0.25) is 0 Å². The smallest absolute Gasteiger partial charge is 0.353 e. The van der Waals surface area contributed by atoms with Crippen molar-refractivity contribution in [3.05, 3.63) is 16.4 Å². The summed E-state index contributed by atoms with van der Waals surface area (Å²) < 4.78 is 0. The Morgan fingerprint density at radius 1 is 1.37 bits per heavy atom. The predicted octanol–water partition coefficient (Wildman–Crippen LogP) is 1.98. The van der Waals surface area contributed by atoms with Crippen molar-refractivity contribution in [2.24, 2.45) is 5.92 Å². The standard InChI is InChI=1S/C12H19N5O2/c1-8-3-5-9(6-4-8)16(2)12-10(17(18)19)11(13)14-7-15-12/h7-9H,3-6H2,1-2H3,(H2,13,14,15). The fourth-order valence-corrected chi connectivity index (χ4v) is 2.62. The SMILES string of the molecule is CC1CCC(N(C)c2ncnc(N)c2[N+](=O)[O-])CC1. The van der Waals surface area contributed by atoms with Crippen LogP contribution in [0.5, 0.6) is 0 Å². The van der Waals surface area contributed by atoms with Gasteiger partial charge >= 0.3 is 5.69 Å². The number of aromatic nitrogens is 2. The van der Waals surface area contributed by atoms with E-state index in [1.54, 1.807) is 0 Å². The largest absolute Gasteiger partial charge is 0.378 e.